The Balaban J connectivity index is 1.75. The lowest BCUT2D eigenvalue weighted by Crippen LogP contribution is -2.25. The number of aliphatic hydroxyl groups excluding tert-OH is 1. The number of hydrogen-bond donors (Lipinski definition) is 2. The fourth-order valence-electron chi connectivity index (χ4n) is 2.79. The maximum atomic E-state index is 9.85. The van der Waals surface area contributed by atoms with Crippen LogP contribution in [-0.4, -0.2) is 18.2 Å². The van der Waals surface area contributed by atoms with Gasteiger partial charge >= 0.3 is 0 Å². The number of rotatable bonds is 5. The fourth-order valence-corrected chi connectivity index (χ4v) is 2.79. The van der Waals surface area contributed by atoms with Crippen molar-refractivity contribution in [2.75, 3.05) is 13.1 Å². The summed E-state index contributed by atoms with van der Waals surface area (Å²) in [7, 11) is 0. The van der Waals surface area contributed by atoms with E-state index in [1.807, 2.05) is 0 Å². The zero-order valence-electron chi connectivity index (χ0n) is 11.2. The average Bonchev–Trinajstić information content (AvgIpc) is 2.69. The van der Waals surface area contributed by atoms with E-state index in [-0.39, 0.29) is 0 Å². The van der Waals surface area contributed by atoms with E-state index in [1.165, 1.54) is 0 Å². The van der Waals surface area contributed by atoms with Crippen LogP contribution in [0.15, 0.2) is 22.8 Å². The first-order valence-corrected chi connectivity index (χ1v) is 6.29. The van der Waals surface area contributed by atoms with Crippen molar-refractivity contribution in [1.29, 1.82) is 0 Å². The minimum Gasteiger partial charge on any atom is -0.467 e. The Kier molecular flexibility index (Phi) is 3.08. The number of hydrogen-bond acceptors (Lipinski definition) is 3. The lowest BCUT2D eigenvalue weighted by Gasteiger charge is -2.10. The molecule has 1 aliphatic carbocycles. The summed E-state index contributed by atoms with van der Waals surface area (Å²) in [5, 5.41) is 13.2. The van der Waals surface area contributed by atoms with Crippen molar-refractivity contribution in [3.8, 4) is 0 Å². The molecule has 1 fully saturated rings. The molecule has 17 heavy (non-hydrogen) atoms. The highest BCUT2D eigenvalue weighted by Gasteiger charge is 2.63. The van der Waals surface area contributed by atoms with Crippen LogP contribution in [-0.2, 0) is 0 Å². The molecule has 1 saturated carbocycles. The van der Waals surface area contributed by atoms with Crippen LogP contribution in [0.4, 0.5) is 0 Å². The molecule has 2 rings (SSSR count). The van der Waals surface area contributed by atoms with Crippen LogP contribution in [0.1, 0.15) is 39.6 Å². The third-order valence-electron chi connectivity index (χ3n) is 4.88. The first-order valence-electron chi connectivity index (χ1n) is 6.29. The van der Waals surface area contributed by atoms with E-state index in [1.54, 1.807) is 18.4 Å². The third kappa shape index (κ3) is 2.14. The third-order valence-corrected chi connectivity index (χ3v) is 4.88. The van der Waals surface area contributed by atoms with Crippen molar-refractivity contribution in [1.82, 2.24) is 5.32 Å². The van der Waals surface area contributed by atoms with Gasteiger partial charge in [0.05, 0.1) is 6.26 Å². The van der Waals surface area contributed by atoms with Gasteiger partial charge in [0, 0.05) is 6.54 Å². The molecule has 0 bridgehead atoms. The van der Waals surface area contributed by atoms with Gasteiger partial charge in [0.15, 0.2) is 0 Å². The summed E-state index contributed by atoms with van der Waals surface area (Å²) >= 11 is 0. The van der Waals surface area contributed by atoms with E-state index in [2.05, 4.69) is 33.0 Å². The molecule has 2 N–H and O–H groups in total. The lowest BCUT2D eigenvalue weighted by atomic mass is 10.0. The second kappa shape index (κ2) is 4.14. The van der Waals surface area contributed by atoms with Crippen molar-refractivity contribution in [2.45, 2.75) is 33.8 Å². The Hall–Kier alpha value is -0.800. The molecule has 96 valence electrons. The molecule has 3 nitrogen and oxygen atoms in total. The second-order valence-corrected chi connectivity index (χ2v) is 6.19. The van der Waals surface area contributed by atoms with Gasteiger partial charge in [-0.05, 0) is 35.4 Å². The number of aliphatic hydroxyl groups is 1. The Labute approximate surface area is 103 Å². The molecule has 1 atom stereocenters. The summed E-state index contributed by atoms with van der Waals surface area (Å²) in [6.07, 6.45) is 1.04. The highest BCUT2D eigenvalue weighted by atomic mass is 16.4. The predicted molar refractivity (Wildman–Crippen MR) is 67.6 cm³/mol. The zero-order valence-corrected chi connectivity index (χ0v) is 11.2. The Morgan fingerprint density at radius 3 is 2.47 bits per heavy atom. The van der Waals surface area contributed by atoms with Gasteiger partial charge in [-0.15, -0.1) is 0 Å². The van der Waals surface area contributed by atoms with Crippen LogP contribution in [0.3, 0.4) is 0 Å². The zero-order chi connectivity index (χ0) is 12.7. The summed E-state index contributed by atoms with van der Waals surface area (Å²) in [6.45, 7) is 10.7. The van der Waals surface area contributed by atoms with Crippen LogP contribution < -0.4 is 5.32 Å². The molecule has 0 aliphatic heterocycles. The molecule has 1 aliphatic rings. The highest BCUT2D eigenvalue weighted by Crippen LogP contribution is 2.67. The first kappa shape index (κ1) is 12.7. The normalized spacial score (nSPS) is 23.6. The SMILES string of the molecule is CC1(C)C(CNCC(O)c2ccco2)C1(C)C. The molecule has 0 saturated heterocycles. The second-order valence-electron chi connectivity index (χ2n) is 6.19. The van der Waals surface area contributed by atoms with E-state index in [0.717, 1.165) is 6.54 Å². The van der Waals surface area contributed by atoms with Crippen molar-refractivity contribution in [2.24, 2.45) is 16.7 Å². The van der Waals surface area contributed by atoms with Crippen LogP contribution in [0.5, 0.6) is 0 Å². The molecule has 0 spiro atoms. The van der Waals surface area contributed by atoms with Crippen molar-refractivity contribution in [3.05, 3.63) is 24.2 Å². The smallest absolute Gasteiger partial charge is 0.133 e. The maximum absolute atomic E-state index is 9.85. The fraction of sp³-hybridized carbons (Fsp3) is 0.714. The summed E-state index contributed by atoms with van der Waals surface area (Å²) in [6, 6.07) is 3.60. The van der Waals surface area contributed by atoms with Gasteiger partial charge in [-0.25, -0.2) is 0 Å². The molecule has 3 heteroatoms. The van der Waals surface area contributed by atoms with E-state index in [9.17, 15) is 5.11 Å². The van der Waals surface area contributed by atoms with Crippen LogP contribution in [0.25, 0.3) is 0 Å². The molecular weight excluding hydrogens is 214 g/mol. The van der Waals surface area contributed by atoms with Gasteiger partial charge in [-0.1, -0.05) is 27.7 Å². The van der Waals surface area contributed by atoms with Gasteiger partial charge in [0.1, 0.15) is 11.9 Å². The standard InChI is InChI=1S/C14H23NO2/c1-13(2)12(14(13,3)4)9-15-8-10(16)11-6-5-7-17-11/h5-7,10,12,15-16H,8-9H2,1-4H3. The predicted octanol–water partition coefficient (Wildman–Crippen LogP) is 2.58. The van der Waals surface area contributed by atoms with Gasteiger partial charge in [0.25, 0.3) is 0 Å². The molecule has 1 aromatic rings. The molecule has 0 aromatic carbocycles. The van der Waals surface area contributed by atoms with E-state index in [0.29, 0.717) is 29.1 Å². The monoisotopic (exact) mass is 237 g/mol. The molecule has 1 heterocycles. The van der Waals surface area contributed by atoms with E-state index >= 15 is 0 Å². The molecular formula is C14H23NO2. The van der Waals surface area contributed by atoms with E-state index < -0.39 is 6.10 Å². The summed E-state index contributed by atoms with van der Waals surface area (Å²) in [4.78, 5) is 0. The largest absolute Gasteiger partial charge is 0.467 e. The number of furan rings is 1. The van der Waals surface area contributed by atoms with Crippen molar-refractivity contribution < 1.29 is 9.52 Å². The highest BCUT2D eigenvalue weighted by molar-refractivity contribution is 5.13. The van der Waals surface area contributed by atoms with Crippen molar-refractivity contribution >= 4 is 0 Å². The molecule has 0 amide bonds. The Bertz CT molecular complexity index is 354. The van der Waals surface area contributed by atoms with Gasteiger partial charge in [0.2, 0.25) is 0 Å². The van der Waals surface area contributed by atoms with Gasteiger partial charge in [-0.3, -0.25) is 0 Å². The molecule has 1 aromatic heterocycles. The topological polar surface area (TPSA) is 45.4 Å². The van der Waals surface area contributed by atoms with Gasteiger partial charge in [-0.2, -0.15) is 0 Å². The van der Waals surface area contributed by atoms with Crippen molar-refractivity contribution in [3.63, 3.8) is 0 Å². The molecule has 1 unspecified atom stereocenters. The summed E-state index contributed by atoms with van der Waals surface area (Å²) in [5.74, 6) is 1.31. The number of nitrogens with one attached hydrogen (secondary N) is 1. The van der Waals surface area contributed by atoms with E-state index in [4.69, 9.17) is 4.42 Å². The Morgan fingerprint density at radius 1 is 1.35 bits per heavy atom. The van der Waals surface area contributed by atoms with Crippen LogP contribution >= 0.6 is 0 Å². The maximum Gasteiger partial charge on any atom is 0.133 e. The average molecular weight is 237 g/mol. The summed E-state index contributed by atoms with van der Waals surface area (Å²) < 4.78 is 5.16. The quantitative estimate of drug-likeness (QED) is 0.827. The van der Waals surface area contributed by atoms with Gasteiger partial charge < -0.3 is 14.8 Å². The minimum atomic E-state index is -0.546. The lowest BCUT2D eigenvalue weighted by molar-refractivity contribution is 0.146. The Morgan fingerprint density at radius 2 is 2.00 bits per heavy atom. The summed E-state index contributed by atoms with van der Waals surface area (Å²) in [5.41, 5.74) is 0.797. The minimum absolute atomic E-state index is 0.398. The molecule has 0 radical (unpaired) electrons. The first-order chi connectivity index (χ1) is 7.87. The van der Waals surface area contributed by atoms with Crippen LogP contribution in [0, 0.1) is 16.7 Å². The van der Waals surface area contributed by atoms with Crippen LogP contribution in [0.2, 0.25) is 0 Å².